The number of carbonyl (C=O) groups excluding carboxylic acids is 1. The highest BCUT2D eigenvalue weighted by atomic mass is 19.1. The molecule has 4 nitrogen and oxygen atoms in total. The van der Waals surface area contributed by atoms with Gasteiger partial charge in [0.1, 0.15) is 17.2 Å². The van der Waals surface area contributed by atoms with Gasteiger partial charge >= 0.3 is 5.63 Å². The minimum Gasteiger partial charge on any atom is -0.423 e. The Morgan fingerprint density at radius 3 is 2.62 bits per heavy atom. The smallest absolute Gasteiger partial charge is 0.339 e. The molecule has 3 aromatic rings. The number of fused-ring (bicyclic) bond motifs is 1. The molecule has 0 fully saturated rings. The van der Waals surface area contributed by atoms with Crippen molar-refractivity contribution in [2.75, 3.05) is 5.32 Å². The summed E-state index contributed by atoms with van der Waals surface area (Å²) in [4.78, 5) is 24.3. The first-order valence-electron chi connectivity index (χ1n) is 8.13. The lowest BCUT2D eigenvalue weighted by molar-refractivity contribution is -0.116. The summed E-state index contributed by atoms with van der Waals surface area (Å²) in [6.45, 7) is 3.71. The molecule has 3 rings (SSSR count). The Hall–Kier alpha value is -3.02. The summed E-state index contributed by atoms with van der Waals surface area (Å²) in [5.74, 6) is -2.05. The molecule has 0 radical (unpaired) electrons. The van der Waals surface area contributed by atoms with E-state index < -0.39 is 23.2 Å². The second kappa shape index (κ2) is 7.07. The zero-order valence-corrected chi connectivity index (χ0v) is 14.4. The van der Waals surface area contributed by atoms with E-state index >= 15 is 0 Å². The van der Waals surface area contributed by atoms with E-state index in [-0.39, 0.29) is 18.5 Å². The molecule has 0 aliphatic carbocycles. The van der Waals surface area contributed by atoms with E-state index in [2.05, 4.69) is 5.32 Å². The summed E-state index contributed by atoms with van der Waals surface area (Å²) in [5, 5.41) is 3.19. The van der Waals surface area contributed by atoms with Gasteiger partial charge in [0.15, 0.2) is 0 Å². The van der Waals surface area contributed by atoms with E-state index in [0.29, 0.717) is 17.2 Å². The van der Waals surface area contributed by atoms with Gasteiger partial charge in [0.25, 0.3) is 0 Å². The average Bonchev–Trinajstić information content (AvgIpc) is 2.57. The van der Waals surface area contributed by atoms with E-state index in [1.165, 1.54) is 0 Å². The first-order valence-corrected chi connectivity index (χ1v) is 8.13. The number of carbonyl (C=O) groups is 1. The van der Waals surface area contributed by atoms with E-state index in [9.17, 15) is 18.4 Å². The fourth-order valence-corrected chi connectivity index (χ4v) is 2.83. The second-order valence-electron chi connectivity index (χ2n) is 6.17. The van der Waals surface area contributed by atoms with Gasteiger partial charge in [-0.05, 0) is 49.6 Å². The van der Waals surface area contributed by atoms with Gasteiger partial charge in [0.2, 0.25) is 5.91 Å². The summed E-state index contributed by atoms with van der Waals surface area (Å²) in [6, 6.07) is 8.49. The molecule has 1 aromatic heterocycles. The maximum atomic E-state index is 13.6. The Balaban J connectivity index is 1.78. The van der Waals surface area contributed by atoms with Gasteiger partial charge in [-0.25, -0.2) is 13.6 Å². The van der Waals surface area contributed by atoms with Crippen molar-refractivity contribution in [3.05, 3.63) is 75.1 Å². The number of nitrogens with one attached hydrogen (secondary N) is 1. The number of hydrogen-bond acceptors (Lipinski definition) is 3. The molecule has 0 saturated carbocycles. The van der Waals surface area contributed by atoms with Gasteiger partial charge in [-0.2, -0.15) is 0 Å². The average molecular weight is 357 g/mol. The number of benzene rings is 2. The highest BCUT2D eigenvalue weighted by Crippen LogP contribution is 2.21. The van der Waals surface area contributed by atoms with Crippen molar-refractivity contribution in [1.82, 2.24) is 0 Å². The molecule has 2 aromatic carbocycles. The largest absolute Gasteiger partial charge is 0.423 e. The molecule has 0 spiro atoms. The van der Waals surface area contributed by atoms with Crippen LogP contribution in [0.5, 0.6) is 0 Å². The van der Waals surface area contributed by atoms with Crippen LogP contribution < -0.4 is 10.9 Å². The number of rotatable bonds is 4. The first-order chi connectivity index (χ1) is 12.3. The predicted octanol–water partition coefficient (Wildman–Crippen LogP) is 4.26. The van der Waals surface area contributed by atoms with Crippen LogP contribution in [0.25, 0.3) is 11.0 Å². The van der Waals surface area contributed by atoms with Gasteiger partial charge < -0.3 is 9.73 Å². The number of hydrogen-bond donors (Lipinski definition) is 1. The molecule has 1 amide bonds. The predicted molar refractivity (Wildman–Crippen MR) is 95.3 cm³/mol. The molecule has 1 N–H and O–H groups in total. The molecule has 1 heterocycles. The van der Waals surface area contributed by atoms with Gasteiger partial charge in [0.05, 0.1) is 5.69 Å². The highest BCUT2D eigenvalue weighted by Gasteiger charge is 2.14. The third kappa shape index (κ3) is 3.64. The summed E-state index contributed by atoms with van der Waals surface area (Å²) in [5.41, 5.74) is 2.08. The van der Waals surface area contributed by atoms with Crippen molar-refractivity contribution in [3.8, 4) is 0 Å². The Kier molecular flexibility index (Phi) is 4.84. The third-order valence-electron chi connectivity index (χ3n) is 4.25. The third-order valence-corrected chi connectivity index (χ3v) is 4.25. The summed E-state index contributed by atoms with van der Waals surface area (Å²) < 4.78 is 31.8. The molecule has 0 aliphatic heterocycles. The Labute approximate surface area is 148 Å². The fourth-order valence-electron chi connectivity index (χ4n) is 2.83. The maximum Gasteiger partial charge on any atom is 0.339 e. The first kappa shape index (κ1) is 17.8. The minimum atomic E-state index is -0.852. The van der Waals surface area contributed by atoms with E-state index in [1.807, 2.05) is 26.0 Å². The van der Waals surface area contributed by atoms with Gasteiger partial charge in [0, 0.05) is 23.4 Å². The van der Waals surface area contributed by atoms with Crippen molar-refractivity contribution < 1.29 is 18.0 Å². The van der Waals surface area contributed by atoms with Crippen LogP contribution in [0.4, 0.5) is 14.5 Å². The Bertz CT molecular complexity index is 1060. The molecular weight excluding hydrogens is 340 g/mol. The molecule has 134 valence electrons. The fraction of sp³-hybridized carbons (Fsp3) is 0.200. The number of halogens is 2. The molecule has 26 heavy (non-hydrogen) atoms. The number of anilines is 1. The monoisotopic (exact) mass is 357 g/mol. The van der Waals surface area contributed by atoms with Crippen LogP contribution in [0, 0.1) is 25.5 Å². The zero-order valence-electron chi connectivity index (χ0n) is 14.4. The van der Waals surface area contributed by atoms with Crippen LogP contribution in [-0.4, -0.2) is 5.91 Å². The highest BCUT2D eigenvalue weighted by molar-refractivity contribution is 5.91. The number of aryl methyl sites for hydroxylation is 2. The maximum absolute atomic E-state index is 13.6. The lowest BCUT2D eigenvalue weighted by atomic mass is 10.0. The Morgan fingerprint density at radius 2 is 1.88 bits per heavy atom. The summed E-state index contributed by atoms with van der Waals surface area (Å²) in [6.07, 6.45) is 0.131. The molecule has 6 heteroatoms. The SMILES string of the molecule is Cc1ccc2c(C)c(CCC(=O)Nc3ccc(F)cc3F)c(=O)oc2c1. The molecular formula is C20H17F2NO3. The molecule has 0 bridgehead atoms. The van der Waals surface area contributed by atoms with Crippen LogP contribution in [0.15, 0.2) is 45.6 Å². The van der Waals surface area contributed by atoms with Crippen LogP contribution in [-0.2, 0) is 11.2 Å². The minimum absolute atomic E-state index is 0.0280. The van der Waals surface area contributed by atoms with Crippen LogP contribution in [0.3, 0.4) is 0 Å². The van der Waals surface area contributed by atoms with Gasteiger partial charge in [-0.3, -0.25) is 4.79 Å². The van der Waals surface area contributed by atoms with Crippen molar-refractivity contribution in [2.45, 2.75) is 26.7 Å². The molecule has 0 unspecified atom stereocenters. The number of amides is 1. The second-order valence-corrected chi connectivity index (χ2v) is 6.17. The lowest BCUT2D eigenvalue weighted by Crippen LogP contribution is -2.17. The van der Waals surface area contributed by atoms with Crippen molar-refractivity contribution in [1.29, 1.82) is 0 Å². The van der Waals surface area contributed by atoms with E-state index in [0.717, 1.165) is 28.6 Å². The molecule has 0 atom stereocenters. The van der Waals surface area contributed by atoms with Crippen molar-refractivity contribution in [2.24, 2.45) is 0 Å². The topological polar surface area (TPSA) is 59.3 Å². The van der Waals surface area contributed by atoms with Crippen molar-refractivity contribution >= 4 is 22.6 Å². The van der Waals surface area contributed by atoms with Crippen LogP contribution in [0.2, 0.25) is 0 Å². The van der Waals surface area contributed by atoms with Gasteiger partial charge in [-0.1, -0.05) is 12.1 Å². The molecule has 0 saturated heterocycles. The standard InChI is InChI=1S/C20H17F2NO3/c1-11-3-5-14-12(2)15(20(25)26-18(14)9-11)6-8-19(24)23-17-7-4-13(21)10-16(17)22/h3-5,7,9-10H,6,8H2,1-2H3,(H,23,24). The quantitative estimate of drug-likeness (QED) is 0.710. The summed E-state index contributed by atoms with van der Waals surface area (Å²) in [7, 11) is 0. The zero-order chi connectivity index (χ0) is 18.8. The van der Waals surface area contributed by atoms with Crippen LogP contribution >= 0.6 is 0 Å². The van der Waals surface area contributed by atoms with Crippen LogP contribution in [0.1, 0.15) is 23.1 Å². The Morgan fingerprint density at radius 1 is 1.12 bits per heavy atom. The van der Waals surface area contributed by atoms with Gasteiger partial charge in [-0.15, -0.1) is 0 Å². The van der Waals surface area contributed by atoms with Crippen molar-refractivity contribution in [3.63, 3.8) is 0 Å². The lowest BCUT2D eigenvalue weighted by Gasteiger charge is -2.09. The van der Waals surface area contributed by atoms with E-state index in [4.69, 9.17) is 4.42 Å². The normalized spacial score (nSPS) is 10.9. The molecule has 0 aliphatic rings. The summed E-state index contributed by atoms with van der Waals surface area (Å²) >= 11 is 0. The van der Waals surface area contributed by atoms with E-state index in [1.54, 1.807) is 6.07 Å².